The minimum absolute atomic E-state index is 0.254. The fourth-order valence-electron chi connectivity index (χ4n) is 2.30. The van der Waals surface area contributed by atoms with Crippen molar-refractivity contribution in [3.8, 4) is 0 Å². The summed E-state index contributed by atoms with van der Waals surface area (Å²) in [5.74, 6) is 0.114. The van der Waals surface area contributed by atoms with Crippen LogP contribution < -0.4 is 10.6 Å². The Kier molecular flexibility index (Phi) is 5.05. The Hall–Kier alpha value is -2.47. The Morgan fingerprint density at radius 3 is 2.75 bits per heavy atom. The van der Waals surface area contributed by atoms with Crippen molar-refractivity contribution in [2.45, 2.75) is 0 Å². The zero-order valence-electron chi connectivity index (χ0n) is 12.7. The van der Waals surface area contributed by atoms with E-state index in [1.54, 1.807) is 0 Å². The molecule has 0 aliphatic heterocycles. The molecule has 0 saturated heterocycles. The van der Waals surface area contributed by atoms with Crippen LogP contribution in [0.2, 0.25) is 0 Å². The van der Waals surface area contributed by atoms with Crippen molar-refractivity contribution in [1.82, 2.24) is 10.3 Å². The number of hydrogen-bond acceptors (Lipinski definition) is 3. The van der Waals surface area contributed by atoms with Gasteiger partial charge in [0.1, 0.15) is 11.6 Å². The maximum Gasteiger partial charge on any atom is 0.252 e. The molecule has 0 atom stereocenters. The summed E-state index contributed by atoms with van der Waals surface area (Å²) in [6.07, 6.45) is 0. The number of pyridine rings is 1. The van der Waals surface area contributed by atoms with Gasteiger partial charge in [0.2, 0.25) is 0 Å². The molecule has 0 unspecified atom stereocenters. The van der Waals surface area contributed by atoms with Crippen LogP contribution in [0, 0.1) is 5.82 Å². The van der Waals surface area contributed by atoms with E-state index in [1.807, 2.05) is 36.4 Å². The van der Waals surface area contributed by atoms with Gasteiger partial charge in [0.25, 0.3) is 5.91 Å². The van der Waals surface area contributed by atoms with Crippen LogP contribution in [0.4, 0.5) is 10.2 Å². The number of fused-ring (bicyclic) bond motifs is 1. The number of nitrogens with zero attached hydrogens (tertiary/aromatic N) is 1. The third-order valence-corrected chi connectivity index (χ3v) is 4.15. The predicted molar refractivity (Wildman–Crippen MR) is 96.7 cm³/mol. The molecule has 2 aromatic carbocycles. The zero-order chi connectivity index (χ0) is 16.9. The Bertz CT molecular complexity index is 885. The second-order valence-corrected chi connectivity index (χ2v) is 6.05. The topological polar surface area (TPSA) is 54.0 Å². The molecule has 3 aromatic rings. The van der Waals surface area contributed by atoms with E-state index in [0.29, 0.717) is 23.1 Å². The monoisotopic (exact) mass is 387 g/mol. The van der Waals surface area contributed by atoms with Gasteiger partial charge in [-0.1, -0.05) is 18.2 Å². The predicted octanol–water partition coefficient (Wildman–Crippen LogP) is 3.98. The van der Waals surface area contributed by atoms with Crippen molar-refractivity contribution in [3.05, 3.63) is 70.5 Å². The Morgan fingerprint density at radius 1 is 1.08 bits per heavy atom. The van der Waals surface area contributed by atoms with E-state index < -0.39 is 0 Å². The van der Waals surface area contributed by atoms with Crippen LogP contribution >= 0.6 is 15.9 Å². The lowest BCUT2D eigenvalue weighted by Gasteiger charge is -2.09. The van der Waals surface area contributed by atoms with Crippen molar-refractivity contribution in [1.29, 1.82) is 0 Å². The molecule has 0 aliphatic rings. The minimum Gasteiger partial charge on any atom is -0.368 e. The molecule has 1 amide bonds. The Labute approximate surface area is 147 Å². The molecular weight excluding hydrogens is 373 g/mol. The van der Waals surface area contributed by atoms with Gasteiger partial charge in [-0.3, -0.25) is 4.79 Å². The first kappa shape index (κ1) is 16.4. The number of nitrogens with one attached hydrogen (secondary N) is 2. The van der Waals surface area contributed by atoms with Gasteiger partial charge in [0.05, 0.1) is 11.1 Å². The molecule has 122 valence electrons. The van der Waals surface area contributed by atoms with Crippen LogP contribution in [-0.4, -0.2) is 24.0 Å². The molecule has 0 radical (unpaired) electrons. The third kappa shape index (κ3) is 3.89. The molecule has 0 saturated carbocycles. The summed E-state index contributed by atoms with van der Waals surface area (Å²) in [6.45, 7) is 0.965. The number of anilines is 1. The van der Waals surface area contributed by atoms with E-state index in [0.717, 1.165) is 16.7 Å². The number of carbonyl (C=O) groups excluding carboxylic acids is 1. The fourth-order valence-corrected chi connectivity index (χ4v) is 2.83. The second-order valence-electron chi connectivity index (χ2n) is 5.20. The molecular formula is C18H15BrFN3O. The number of rotatable bonds is 5. The first-order valence-electron chi connectivity index (χ1n) is 7.46. The van der Waals surface area contributed by atoms with E-state index in [2.05, 4.69) is 31.5 Å². The van der Waals surface area contributed by atoms with Gasteiger partial charge in [-0.2, -0.15) is 0 Å². The number of benzene rings is 2. The van der Waals surface area contributed by atoms with Gasteiger partial charge >= 0.3 is 0 Å². The Balaban J connectivity index is 1.53. The lowest BCUT2D eigenvalue weighted by Crippen LogP contribution is -2.29. The van der Waals surface area contributed by atoms with Crippen LogP contribution in [0.15, 0.2) is 59.1 Å². The van der Waals surface area contributed by atoms with Crippen molar-refractivity contribution in [2.24, 2.45) is 0 Å². The summed E-state index contributed by atoms with van der Waals surface area (Å²) >= 11 is 3.19. The number of carbonyl (C=O) groups is 1. The van der Waals surface area contributed by atoms with E-state index in [4.69, 9.17) is 0 Å². The van der Waals surface area contributed by atoms with Crippen LogP contribution in [0.25, 0.3) is 10.9 Å². The lowest BCUT2D eigenvalue weighted by molar-refractivity contribution is 0.0954. The molecule has 0 bridgehead atoms. The highest BCUT2D eigenvalue weighted by atomic mass is 79.9. The standard InChI is InChI=1S/C18H15BrFN3O/c19-15-11-13(20)6-7-14(15)18(24)22-10-9-21-17-8-5-12-3-1-2-4-16(12)23-17/h1-8,11H,9-10H2,(H,21,23)(H,22,24). The SMILES string of the molecule is O=C(NCCNc1ccc2ccccc2n1)c1ccc(F)cc1Br. The molecule has 3 rings (SSSR count). The average Bonchev–Trinajstić information content (AvgIpc) is 2.58. The molecule has 0 fully saturated rings. The van der Waals surface area contributed by atoms with Gasteiger partial charge in [-0.05, 0) is 52.3 Å². The molecule has 1 heterocycles. The van der Waals surface area contributed by atoms with Crippen molar-refractivity contribution >= 4 is 38.6 Å². The molecule has 6 heteroatoms. The number of hydrogen-bond donors (Lipinski definition) is 2. The number of para-hydroxylation sites is 1. The second kappa shape index (κ2) is 7.40. The van der Waals surface area contributed by atoms with E-state index in [9.17, 15) is 9.18 Å². The molecule has 4 nitrogen and oxygen atoms in total. The summed E-state index contributed by atoms with van der Waals surface area (Å²) in [5, 5.41) is 7.04. The minimum atomic E-state index is -0.387. The van der Waals surface area contributed by atoms with E-state index >= 15 is 0 Å². The first-order valence-corrected chi connectivity index (χ1v) is 8.26. The normalized spacial score (nSPS) is 10.6. The first-order chi connectivity index (χ1) is 11.6. The third-order valence-electron chi connectivity index (χ3n) is 3.49. The maximum atomic E-state index is 13.0. The highest BCUT2D eigenvalue weighted by Gasteiger charge is 2.09. The molecule has 0 spiro atoms. The van der Waals surface area contributed by atoms with Gasteiger partial charge in [-0.25, -0.2) is 9.37 Å². The quantitative estimate of drug-likeness (QED) is 0.651. The summed E-state index contributed by atoms with van der Waals surface area (Å²) in [4.78, 5) is 16.6. The molecule has 0 aliphatic carbocycles. The largest absolute Gasteiger partial charge is 0.368 e. The van der Waals surface area contributed by atoms with Crippen LogP contribution in [-0.2, 0) is 0 Å². The van der Waals surface area contributed by atoms with Crippen LogP contribution in [0.5, 0.6) is 0 Å². The summed E-state index contributed by atoms with van der Waals surface area (Å²) in [6, 6.07) is 15.8. The fraction of sp³-hybridized carbons (Fsp3) is 0.111. The molecule has 2 N–H and O–H groups in total. The lowest BCUT2D eigenvalue weighted by atomic mass is 10.2. The number of aromatic nitrogens is 1. The average molecular weight is 388 g/mol. The van der Waals surface area contributed by atoms with Gasteiger partial charge in [-0.15, -0.1) is 0 Å². The van der Waals surface area contributed by atoms with E-state index in [-0.39, 0.29) is 11.7 Å². The smallest absolute Gasteiger partial charge is 0.252 e. The van der Waals surface area contributed by atoms with E-state index in [1.165, 1.54) is 18.2 Å². The van der Waals surface area contributed by atoms with Crippen LogP contribution in [0.3, 0.4) is 0 Å². The maximum absolute atomic E-state index is 13.0. The molecule has 24 heavy (non-hydrogen) atoms. The number of amides is 1. The molecule has 1 aromatic heterocycles. The summed E-state index contributed by atoms with van der Waals surface area (Å²) in [5.41, 5.74) is 1.32. The van der Waals surface area contributed by atoms with Crippen LogP contribution in [0.1, 0.15) is 10.4 Å². The van der Waals surface area contributed by atoms with Gasteiger partial charge in [0.15, 0.2) is 0 Å². The summed E-state index contributed by atoms with van der Waals surface area (Å²) in [7, 11) is 0. The zero-order valence-corrected chi connectivity index (χ0v) is 14.3. The van der Waals surface area contributed by atoms with Gasteiger partial charge in [0, 0.05) is 22.9 Å². The highest BCUT2D eigenvalue weighted by Crippen LogP contribution is 2.18. The highest BCUT2D eigenvalue weighted by molar-refractivity contribution is 9.10. The van der Waals surface area contributed by atoms with Gasteiger partial charge < -0.3 is 10.6 Å². The Morgan fingerprint density at radius 2 is 1.92 bits per heavy atom. The van der Waals surface area contributed by atoms with Crippen molar-refractivity contribution in [3.63, 3.8) is 0 Å². The van der Waals surface area contributed by atoms with Crippen molar-refractivity contribution in [2.75, 3.05) is 18.4 Å². The number of halogens is 2. The van der Waals surface area contributed by atoms with Crippen molar-refractivity contribution < 1.29 is 9.18 Å². The summed E-state index contributed by atoms with van der Waals surface area (Å²) < 4.78 is 13.5.